The van der Waals surface area contributed by atoms with Gasteiger partial charge >= 0.3 is 0 Å². The van der Waals surface area contributed by atoms with E-state index in [9.17, 15) is 13.6 Å². The molecule has 1 amide bonds. The minimum Gasteiger partial charge on any atom is -0.335 e. The van der Waals surface area contributed by atoms with E-state index in [1.807, 2.05) is 6.07 Å². The van der Waals surface area contributed by atoms with Gasteiger partial charge in [-0.15, -0.1) is 0 Å². The molecule has 0 bridgehead atoms. The maximum Gasteiger partial charge on any atom is 0.270 e. The fraction of sp³-hybridized carbons (Fsp3) is 0.429. The number of pyridine rings is 1. The zero-order valence-electron chi connectivity index (χ0n) is 11.1. The van der Waals surface area contributed by atoms with Gasteiger partial charge in [0.25, 0.3) is 11.8 Å². The SMILES string of the molecule is CC1CCN(C(=O)c2cc3cccnc3[nH]2)CC1(F)F. The van der Waals surface area contributed by atoms with E-state index in [-0.39, 0.29) is 0 Å². The molecule has 1 saturated heterocycles. The highest BCUT2D eigenvalue weighted by molar-refractivity contribution is 5.97. The van der Waals surface area contributed by atoms with E-state index in [0.717, 1.165) is 5.39 Å². The summed E-state index contributed by atoms with van der Waals surface area (Å²) >= 11 is 0. The molecule has 0 spiro atoms. The number of carbonyl (C=O) groups excluding carboxylic acids is 1. The first-order chi connectivity index (χ1) is 9.47. The van der Waals surface area contributed by atoms with Crippen molar-refractivity contribution in [2.24, 2.45) is 5.92 Å². The molecular formula is C14H15F2N3O. The molecule has 2 aromatic rings. The van der Waals surface area contributed by atoms with E-state index in [0.29, 0.717) is 24.3 Å². The predicted molar refractivity (Wildman–Crippen MR) is 70.7 cm³/mol. The summed E-state index contributed by atoms with van der Waals surface area (Å²) in [6.45, 7) is 1.36. The van der Waals surface area contributed by atoms with Crippen molar-refractivity contribution in [2.75, 3.05) is 13.1 Å². The first-order valence-electron chi connectivity index (χ1n) is 6.58. The lowest BCUT2D eigenvalue weighted by atomic mass is 9.95. The van der Waals surface area contributed by atoms with Crippen LogP contribution < -0.4 is 0 Å². The Morgan fingerprint density at radius 2 is 2.35 bits per heavy atom. The molecule has 0 aromatic carbocycles. The standard InChI is InChI=1S/C14H15F2N3O/c1-9-4-6-19(8-14(9,15)16)13(20)11-7-10-3-2-5-17-12(10)18-11/h2-3,5,7,9H,4,6,8H2,1H3,(H,17,18). The van der Waals surface area contributed by atoms with Gasteiger partial charge in [0.1, 0.15) is 11.3 Å². The van der Waals surface area contributed by atoms with E-state index >= 15 is 0 Å². The largest absolute Gasteiger partial charge is 0.335 e. The summed E-state index contributed by atoms with van der Waals surface area (Å²) in [6.07, 6.45) is 1.93. The van der Waals surface area contributed by atoms with Gasteiger partial charge in [-0.1, -0.05) is 6.92 Å². The van der Waals surface area contributed by atoms with Gasteiger partial charge in [0, 0.05) is 24.0 Å². The van der Waals surface area contributed by atoms with Crippen LogP contribution in [0.25, 0.3) is 11.0 Å². The Morgan fingerprint density at radius 3 is 3.05 bits per heavy atom. The van der Waals surface area contributed by atoms with Crippen LogP contribution in [-0.4, -0.2) is 39.8 Å². The monoisotopic (exact) mass is 279 g/mol. The van der Waals surface area contributed by atoms with Crippen LogP contribution in [-0.2, 0) is 0 Å². The Bertz CT molecular complexity index is 620. The molecule has 1 aliphatic rings. The predicted octanol–water partition coefficient (Wildman–Crippen LogP) is 2.68. The molecule has 6 heteroatoms. The van der Waals surface area contributed by atoms with Crippen molar-refractivity contribution < 1.29 is 13.6 Å². The Balaban J connectivity index is 1.85. The van der Waals surface area contributed by atoms with Gasteiger partial charge in [0.05, 0.1) is 6.54 Å². The number of hydrogen-bond donors (Lipinski definition) is 1. The minimum atomic E-state index is -2.82. The number of rotatable bonds is 1. The van der Waals surface area contributed by atoms with E-state index in [1.54, 1.807) is 18.3 Å². The van der Waals surface area contributed by atoms with Crippen LogP contribution in [0.5, 0.6) is 0 Å². The number of hydrogen-bond acceptors (Lipinski definition) is 2. The third-order valence-corrected chi connectivity index (χ3v) is 3.86. The number of amides is 1. The number of aromatic amines is 1. The molecular weight excluding hydrogens is 264 g/mol. The molecule has 1 fully saturated rings. The van der Waals surface area contributed by atoms with Gasteiger partial charge in [0.15, 0.2) is 0 Å². The molecule has 20 heavy (non-hydrogen) atoms. The van der Waals surface area contributed by atoms with Gasteiger partial charge < -0.3 is 9.88 Å². The molecule has 1 N–H and O–H groups in total. The Hall–Kier alpha value is -1.98. The summed E-state index contributed by atoms with van der Waals surface area (Å²) in [4.78, 5) is 20.5. The zero-order valence-corrected chi connectivity index (χ0v) is 11.1. The zero-order chi connectivity index (χ0) is 14.3. The van der Waals surface area contributed by atoms with Crippen molar-refractivity contribution in [3.63, 3.8) is 0 Å². The molecule has 106 valence electrons. The van der Waals surface area contributed by atoms with E-state index < -0.39 is 24.3 Å². The molecule has 2 aromatic heterocycles. The first-order valence-corrected chi connectivity index (χ1v) is 6.58. The van der Waals surface area contributed by atoms with Crippen molar-refractivity contribution in [2.45, 2.75) is 19.3 Å². The van der Waals surface area contributed by atoms with Crippen LogP contribution in [0, 0.1) is 5.92 Å². The van der Waals surface area contributed by atoms with Crippen LogP contribution in [0.2, 0.25) is 0 Å². The van der Waals surface area contributed by atoms with Gasteiger partial charge in [-0.05, 0) is 24.6 Å². The summed E-state index contributed by atoms with van der Waals surface area (Å²) in [5.41, 5.74) is 0.900. The molecule has 0 radical (unpaired) electrons. The number of nitrogens with zero attached hydrogens (tertiary/aromatic N) is 2. The normalized spacial score (nSPS) is 22.1. The third kappa shape index (κ3) is 2.15. The number of halogens is 2. The second-order valence-corrected chi connectivity index (χ2v) is 5.30. The Kier molecular flexibility index (Phi) is 2.96. The number of aromatic nitrogens is 2. The fourth-order valence-electron chi connectivity index (χ4n) is 2.47. The van der Waals surface area contributed by atoms with Crippen LogP contribution >= 0.6 is 0 Å². The van der Waals surface area contributed by atoms with Crippen molar-refractivity contribution in [1.29, 1.82) is 0 Å². The van der Waals surface area contributed by atoms with Gasteiger partial charge in [0.2, 0.25) is 0 Å². The number of piperidine rings is 1. The summed E-state index contributed by atoms with van der Waals surface area (Å²) < 4.78 is 27.4. The van der Waals surface area contributed by atoms with Crippen LogP contribution in [0.4, 0.5) is 8.78 Å². The second kappa shape index (κ2) is 4.54. The van der Waals surface area contributed by atoms with E-state index in [2.05, 4.69) is 9.97 Å². The van der Waals surface area contributed by atoms with Gasteiger partial charge in [-0.2, -0.15) is 0 Å². The quantitative estimate of drug-likeness (QED) is 0.872. The summed E-state index contributed by atoms with van der Waals surface area (Å²) in [5, 5.41) is 0.799. The molecule has 0 aliphatic carbocycles. The maximum absolute atomic E-state index is 13.7. The maximum atomic E-state index is 13.7. The Labute approximate surface area is 114 Å². The number of nitrogens with one attached hydrogen (secondary N) is 1. The van der Waals surface area contributed by atoms with Gasteiger partial charge in [-0.3, -0.25) is 4.79 Å². The topological polar surface area (TPSA) is 49.0 Å². The number of likely N-dealkylation sites (tertiary alicyclic amines) is 1. The smallest absolute Gasteiger partial charge is 0.270 e. The summed E-state index contributed by atoms with van der Waals surface area (Å²) in [6, 6.07) is 5.24. The average Bonchev–Trinajstić information content (AvgIpc) is 2.84. The lowest BCUT2D eigenvalue weighted by molar-refractivity contribution is -0.0958. The van der Waals surface area contributed by atoms with Crippen LogP contribution in [0.15, 0.2) is 24.4 Å². The van der Waals surface area contributed by atoms with Crippen molar-refractivity contribution in [3.8, 4) is 0 Å². The Morgan fingerprint density at radius 1 is 1.55 bits per heavy atom. The van der Waals surface area contributed by atoms with E-state index in [4.69, 9.17) is 0 Å². The molecule has 1 unspecified atom stereocenters. The molecule has 1 aliphatic heterocycles. The van der Waals surface area contributed by atoms with Crippen molar-refractivity contribution >= 4 is 16.9 Å². The van der Waals surface area contributed by atoms with Crippen LogP contribution in [0.1, 0.15) is 23.8 Å². The highest BCUT2D eigenvalue weighted by Crippen LogP contribution is 2.33. The highest BCUT2D eigenvalue weighted by atomic mass is 19.3. The fourth-order valence-corrected chi connectivity index (χ4v) is 2.47. The molecule has 0 saturated carbocycles. The van der Waals surface area contributed by atoms with Crippen molar-refractivity contribution in [3.05, 3.63) is 30.1 Å². The molecule has 3 rings (SSSR count). The summed E-state index contributed by atoms with van der Waals surface area (Å²) in [7, 11) is 0. The van der Waals surface area contributed by atoms with E-state index in [1.165, 1.54) is 11.8 Å². The lowest BCUT2D eigenvalue weighted by Gasteiger charge is -2.36. The van der Waals surface area contributed by atoms with Gasteiger partial charge in [-0.25, -0.2) is 13.8 Å². The number of alkyl halides is 2. The molecule has 4 nitrogen and oxygen atoms in total. The highest BCUT2D eigenvalue weighted by Gasteiger charge is 2.43. The number of fused-ring (bicyclic) bond motifs is 1. The first kappa shape index (κ1) is 13.0. The summed E-state index contributed by atoms with van der Waals surface area (Å²) in [5.74, 6) is -3.90. The average molecular weight is 279 g/mol. The number of carbonyl (C=O) groups is 1. The molecule has 3 heterocycles. The molecule has 1 atom stereocenters. The van der Waals surface area contributed by atoms with Crippen LogP contribution in [0.3, 0.4) is 0 Å². The third-order valence-electron chi connectivity index (χ3n) is 3.86. The van der Waals surface area contributed by atoms with Crippen molar-refractivity contribution in [1.82, 2.24) is 14.9 Å². The second-order valence-electron chi connectivity index (χ2n) is 5.30. The number of H-pyrrole nitrogens is 1. The lowest BCUT2D eigenvalue weighted by Crippen LogP contribution is -2.49. The minimum absolute atomic E-state index is 0.309.